The van der Waals surface area contributed by atoms with Crippen molar-refractivity contribution in [3.8, 4) is 0 Å². The first-order chi connectivity index (χ1) is 9.56. The number of nitro benzene ring substituents is 1. The molecule has 1 rings (SSSR count). The van der Waals surface area contributed by atoms with Gasteiger partial charge in [-0.3, -0.25) is 10.1 Å². The quantitative estimate of drug-likeness (QED) is 0.413. The molecule has 0 heterocycles. The van der Waals surface area contributed by atoms with Crippen molar-refractivity contribution in [2.75, 3.05) is 23.9 Å². The number of carboxylic acids is 1. The zero-order valence-electron chi connectivity index (χ0n) is 11.3. The van der Waals surface area contributed by atoms with Gasteiger partial charge >= 0.3 is 5.97 Å². The Morgan fingerprint density at radius 1 is 1.40 bits per heavy atom. The maximum Gasteiger partial charge on any atom is 0.342 e. The molecular weight excluding hydrogens is 280 g/mol. The number of nitrogens with one attached hydrogen (secondary N) is 1. The molecule has 0 atom stereocenters. The van der Waals surface area contributed by atoms with E-state index in [1.54, 1.807) is 0 Å². The van der Waals surface area contributed by atoms with Gasteiger partial charge in [-0.2, -0.15) is 11.8 Å². The first-order valence-corrected chi connectivity index (χ1v) is 7.70. The van der Waals surface area contributed by atoms with Crippen LogP contribution in [0.15, 0.2) is 18.2 Å². The third kappa shape index (κ3) is 5.08. The van der Waals surface area contributed by atoms with Crippen LogP contribution in [0.2, 0.25) is 0 Å². The zero-order valence-corrected chi connectivity index (χ0v) is 12.1. The van der Waals surface area contributed by atoms with Crippen molar-refractivity contribution in [3.63, 3.8) is 0 Å². The lowest BCUT2D eigenvalue weighted by Gasteiger charge is -2.07. The van der Waals surface area contributed by atoms with Gasteiger partial charge in [0.05, 0.1) is 4.92 Å². The van der Waals surface area contributed by atoms with Crippen molar-refractivity contribution in [1.29, 1.82) is 0 Å². The smallest absolute Gasteiger partial charge is 0.342 e. The third-order valence-electron chi connectivity index (χ3n) is 2.78. The van der Waals surface area contributed by atoms with E-state index in [9.17, 15) is 14.9 Å². The Balaban J connectivity index is 2.57. The van der Waals surface area contributed by atoms with E-state index < -0.39 is 10.9 Å². The molecular formula is C13H18N2O4S. The van der Waals surface area contributed by atoms with Crippen LogP contribution in [0.4, 0.5) is 11.4 Å². The first kappa shape index (κ1) is 16.3. The number of hydrogen-bond donors (Lipinski definition) is 2. The molecule has 1 aromatic carbocycles. The minimum absolute atomic E-state index is 0.289. The highest BCUT2D eigenvalue weighted by Crippen LogP contribution is 2.22. The molecule has 2 N–H and O–H groups in total. The van der Waals surface area contributed by atoms with Gasteiger partial charge in [0, 0.05) is 18.3 Å². The number of carboxylic acid groups (broad SMARTS) is 1. The van der Waals surface area contributed by atoms with E-state index in [4.69, 9.17) is 5.11 Å². The Morgan fingerprint density at radius 2 is 2.15 bits per heavy atom. The molecule has 1 aromatic rings. The monoisotopic (exact) mass is 298 g/mol. The normalized spacial score (nSPS) is 10.2. The summed E-state index contributed by atoms with van der Waals surface area (Å²) in [6, 6.07) is 4.06. The number of thioether (sulfide) groups is 1. The van der Waals surface area contributed by atoms with Crippen molar-refractivity contribution in [2.45, 2.75) is 19.3 Å². The van der Waals surface area contributed by atoms with Gasteiger partial charge in [-0.15, -0.1) is 0 Å². The Bertz CT molecular complexity index is 479. The fourth-order valence-corrected chi connectivity index (χ4v) is 2.25. The predicted octanol–water partition coefficient (Wildman–Crippen LogP) is 3.24. The third-order valence-corrected chi connectivity index (χ3v) is 3.47. The number of rotatable bonds is 9. The Kier molecular flexibility index (Phi) is 6.86. The maximum absolute atomic E-state index is 11.0. The number of unbranched alkanes of at least 4 members (excludes halogenated alkanes) is 2. The van der Waals surface area contributed by atoms with E-state index in [0.29, 0.717) is 5.69 Å². The molecule has 110 valence electrons. The van der Waals surface area contributed by atoms with Crippen molar-refractivity contribution >= 4 is 29.1 Å². The van der Waals surface area contributed by atoms with Gasteiger partial charge in [-0.25, -0.2) is 4.79 Å². The minimum atomic E-state index is -1.29. The second-order valence-electron chi connectivity index (χ2n) is 4.27. The topological polar surface area (TPSA) is 92.5 Å². The molecule has 20 heavy (non-hydrogen) atoms. The number of aromatic carboxylic acids is 1. The SMILES string of the molecule is CSCCCCCNc1ccc([N+](=O)[O-])c(C(=O)O)c1. The van der Waals surface area contributed by atoms with E-state index in [-0.39, 0.29) is 11.3 Å². The van der Waals surface area contributed by atoms with Crippen LogP contribution >= 0.6 is 11.8 Å². The average molecular weight is 298 g/mol. The molecule has 6 nitrogen and oxygen atoms in total. The van der Waals surface area contributed by atoms with E-state index in [1.165, 1.54) is 18.2 Å². The molecule has 0 amide bonds. The summed E-state index contributed by atoms with van der Waals surface area (Å²) < 4.78 is 0. The van der Waals surface area contributed by atoms with Gasteiger partial charge in [0.15, 0.2) is 0 Å². The lowest BCUT2D eigenvalue weighted by Crippen LogP contribution is -2.06. The van der Waals surface area contributed by atoms with Crippen LogP contribution in [0, 0.1) is 10.1 Å². The van der Waals surface area contributed by atoms with Crippen LogP contribution in [0.3, 0.4) is 0 Å². The average Bonchev–Trinajstić information content (AvgIpc) is 2.42. The predicted molar refractivity (Wildman–Crippen MR) is 80.8 cm³/mol. The summed E-state index contributed by atoms with van der Waals surface area (Å²) in [5.74, 6) is -0.152. The number of nitro groups is 1. The van der Waals surface area contributed by atoms with Gasteiger partial charge < -0.3 is 10.4 Å². The van der Waals surface area contributed by atoms with Crippen molar-refractivity contribution < 1.29 is 14.8 Å². The molecule has 0 fully saturated rings. The van der Waals surface area contributed by atoms with Gasteiger partial charge in [0.1, 0.15) is 5.56 Å². The van der Waals surface area contributed by atoms with Gasteiger partial charge in [-0.05, 0) is 37.0 Å². The van der Waals surface area contributed by atoms with Crippen molar-refractivity contribution in [3.05, 3.63) is 33.9 Å². The van der Waals surface area contributed by atoms with Gasteiger partial charge in [-0.1, -0.05) is 6.42 Å². The standard InChI is InChI=1S/C13H18N2O4S/c1-20-8-4-2-3-7-14-10-5-6-12(15(18)19)11(9-10)13(16)17/h5-6,9,14H,2-4,7-8H2,1H3,(H,16,17). The number of hydrogen-bond acceptors (Lipinski definition) is 5. The molecule has 0 spiro atoms. The van der Waals surface area contributed by atoms with Crippen LogP contribution in [-0.2, 0) is 0 Å². The zero-order chi connectivity index (χ0) is 15.0. The second kappa shape index (κ2) is 8.42. The summed E-state index contributed by atoms with van der Waals surface area (Å²) in [6.07, 6.45) is 5.32. The van der Waals surface area contributed by atoms with Crippen molar-refractivity contribution in [2.24, 2.45) is 0 Å². The number of benzene rings is 1. The van der Waals surface area contributed by atoms with Crippen LogP contribution in [0.5, 0.6) is 0 Å². The molecule has 0 aliphatic heterocycles. The summed E-state index contributed by atoms with van der Waals surface area (Å²) in [6.45, 7) is 0.727. The summed E-state index contributed by atoms with van der Waals surface area (Å²) in [7, 11) is 0. The van der Waals surface area contributed by atoms with Crippen LogP contribution in [0.1, 0.15) is 29.6 Å². The summed E-state index contributed by atoms with van der Waals surface area (Å²) >= 11 is 1.82. The lowest BCUT2D eigenvalue weighted by molar-refractivity contribution is -0.385. The minimum Gasteiger partial charge on any atom is -0.477 e. The number of carbonyl (C=O) groups is 1. The number of anilines is 1. The molecule has 7 heteroatoms. The van der Waals surface area contributed by atoms with Gasteiger partial charge in [0.25, 0.3) is 5.69 Å². The van der Waals surface area contributed by atoms with E-state index in [0.717, 1.165) is 31.6 Å². The fraction of sp³-hybridized carbons (Fsp3) is 0.462. The molecule has 0 saturated heterocycles. The molecule has 0 aromatic heterocycles. The largest absolute Gasteiger partial charge is 0.477 e. The first-order valence-electron chi connectivity index (χ1n) is 6.30. The van der Waals surface area contributed by atoms with Crippen molar-refractivity contribution in [1.82, 2.24) is 0 Å². The maximum atomic E-state index is 11.0. The molecule has 0 aliphatic rings. The molecule has 0 unspecified atom stereocenters. The van der Waals surface area contributed by atoms with E-state index in [1.807, 2.05) is 11.8 Å². The van der Waals surface area contributed by atoms with E-state index in [2.05, 4.69) is 11.6 Å². The Morgan fingerprint density at radius 3 is 2.75 bits per heavy atom. The Hall–Kier alpha value is -1.76. The van der Waals surface area contributed by atoms with E-state index >= 15 is 0 Å². The summed E-state index contributed by atoms with van der Waals surface area (Å²) in [5, 5.41) is 22.8. The molecule has 0 radical (unpaired) electrons. The second-order valence-corrected chi connectivity index (χ2v) is 5.26. The molecule has 0 saturated carbocycles. The lowest BCUT2D eigenvalue weighted by atomic mass is 10.1. The molecule has 0 bridgehead atoms. The summed E-state index contributed by atoms with van der Waals surface area (Å²) in [5.41, 5.74) is -0.0803. The van der Waals surface area contributed by atoms with Crippen LogP contribution in [-0.4, -0.2) is 34.6 Å². The Labute approximate surface area is 121 Å². The number of nitrogens with zero attached hydrogens (tertiary/aromatic N) is 1. The highest BCUT2D eigenvalue weighted by atomic mass is 32.2. The molecule has 0 aliphatic carbocycles. The van der Waals surface area contributed by atoms with Crippen LogP contribution < -0.4 is 5.32 Å². The summed E-state index contributed by atoms with van der Waals surface area (Å²) in [4.78, 5) is 21.0. The fourth-order valence-electron chi connectivity index (χ4n) is 1.76. The highest BCUT2D eigenvalue weighted by Gasteiger charge is 2.19. The highest BCUT2D eigenvalue weighted by molar-refractivity contribution is 7.98. The van der Waals surface area contributed by atoms with Gasteiger partial charge in [0.2, 0.25) is 0 Å². The van der Waals surface area contributed by atoms with Crippen LogP contribution in [0.25, 0.3) is 0 Å².